The second kappa shape index (κ2) is 4.92. The molecule has 0 aliphatic carbocycles. The molecule has 0 bridgehead atoms. The molecule has 2 atom stereocenters. The lowest BCUT2D eigenvalue weighted by Crippen LogP contribution is -2.23. The third-order valence-electron chi connectivity index (χ3n) is 2.19. The van der Waals surface area contributed by atoms with E-state index >= 15 is 0 Å². The van der Waals surface area contributed by atoms with Crippen molar-refractivity contribution in [3.05, 3.63) is 18.0 Å². The van der Waals surface area contributed by atoms with Gasteiger partial charge in [-0.1, -0.05) is 0 Å². The fraction of sp³-hybridized carbons (Fsp3) is 0.444. The maximum atomic E-state index is 9.74. The summed E-state index contributed by atoms with van der Waals surface area (Å²) in [5, 5.41) is 19.3. The third-order valence-corrected chi connectivity index (χ3v) is 2.19. The minimum Gasteiger partial charge on any atom is -0.397 e. The maximum Gasteiger partial charge on any atom is 0.108 e. The molecule has 2 unspecified atom stereocenters. The molecule has 0 fully saturated rings. The maximum absolute atomic E-state index is 9.74. The monoisotopic (exact) mass is 212 g/mol. The van der Waals surface area contributed by atoms with Crippen LogP contribution in [-0.4, -0.2) is 27.8 Å². The summed E-state index contributed by atoms with van der Waals surface area (Å²) in [6.45, 7) is 0.286. The van der Waals surface area contributed by atoms with Crippen LogP contribution in [-0.2, 0) is 0 Å². The van der Waals surface area contributed by atoms with E-state index in [1.54, 1.807) is 0 Å². The van der Waals surface area contributed by atoms with Gasteiger partial charge in [0.15, 0.2) is 0 Å². The number of nitrogens with two attached hydrogens (primary N) is 3. The number of aliphatic hydroxyl groups is 2. The summed E-state index contributed by atoms with van der Waals surface area (Å²) in [7, 11) is 0. The Kier molecular flexibility index (Phi) is 3.84. The molecule has 0 amide bonds. The summed E-state index contributed by atoms with van der Waals surface area (Å²) in [5.41, 5.74) is 17.3. The van der Waals surface area contributed by atoms with Gasteiger partial charge >= 0.3 is 0 Å². The van der Waals surface area contributed by atoms with Crippen LogP contribution in [0.1, 0.15) is 18.1 Å². The van der Waals surface area contributed by atoms with Gasteiger partial charge in [-0.15, -0.1) is 0 Å². The molecule has 6 heteroatoms. The molecule has 0 aromatic carbocycles. The van der Waals surface area contributed by atoms with Gasteiger partial charge in [0.25, 0.3) is 0 Å². The molecule has 0 radical (unpaired) electrons. The number of anilines is 2. The molecule has 1 rings (SSSR count). The molecular formula is C9H16N4O2. The van der Waals surface area contributed by atoms with Crippen LogP contribution in [0.3, 0.4) is 0 Å². The average molecular weight is 212 g/mol. The van der Waals surface area contributed by atoms with Gasteiger partial charge in [-0.25, -0.2) is 0 Å². The van der Waals surface area contributed by atoms with E-state index in [0.29, 0.717) is 5.56 Å². The smallest absolute Gasteiger partial charge is 0.108 e. The summed E-state index contributed by atoms with van der Waals surface area (Å²) < 4.78 is 0. The van der Waals surface area contributed by atoms with E-state index in [1.165, 1.54) is 12.4 Å². The zero-order valence-corrected chi connectivity index (χ0v) is 8.30. The van der Waals surface area contributed by atoms with Crippen LogP contribution in [0, 0.1) is 0 Å². The Morgan fingerprint density at radius 1 is 1.27 bits per heavy atom. The summed E-state index contributed by atoms with van der Waals surface area (Å²) in [5.74, 6) is 0. The Morgan fingerprint density at radius 3 is 2.53 bits per heavy atom. The predicted octanol–water partition coefficient (Wildman–Crippen LogP) is -1.01. The molecule has 0 aliphatic rings. The van der Waals surface area contributed by atoms with Gasteiger partial charge in [0, 0.05) is 11.8 Å². The van der Waals surface area contributed by atoms with E-state index in [1.807, 2.05) is 0 Å². The summed E-state index contributed by atoms with van der Waals surface area (Å²) in [6.07, 6.45) is 0.997. The van der Waals surface area contributed by atoms with Crippen molar-refractivity contribution in [2.45, 2.75) is 18.6 Å². The number of pyridine rings is 1. The average Bonchev–Trinajstić information content (AvgIpc) is 2.21. The van der Waals surface area contributed by atoms with Crippen molar-refractivity contribution in [3.63, 3.8) is 0 Å². The minimum atomic E-state index is -1.11. The number of rotatable bonds is 4. The normalized spacial score (nSPS) is 14.9. The molecule has 8 N–H and O–H groups in total. The standard InChI is InChI=1S/C9H16N4O2/c10-2-1-7(14)9(15)5-3-13-4-6(11)8(5)12/h3-4,7,9,14-15H,1-2,10-11H2,(H2,12,13). The Hall–Kier alpha value is -1.37. The Morgan fingerprint density at radius 2 is 1.93 bits per heavy atom. The third kappa shape index (κ3) is 2.56. The van der Waals surface area contributed by atoms with Crippen LogP contribution in [0.25, 0.3) is 0 Å². The number of aliphatic hydroxyl groups excluding tert-OH is 2. The van der Waals surface area contributed by atoms with Crippen molar-refractivity contribution < 1.29 is 10.2 Å². The molecule has 84 valence electrons. The van der Waals surface area contributed by atoms with Crippen LogP contribution in [0.2, 0.25) is 0 Å². The Labute approximate surface area is 87.7 Å². The van der Waals surface area contributed by atoms with Crippen molar-refractivity contribution in [2.75, 3.05) is 18.0 Å². The second-order valence-corrected chi connectivity index (χ2v) is 3.32. The first-order valence-electron chi connectivity index (χ1n) is 4.63. The molecule has 1 aromatic rings. The zero-order valence-electron chi connectivity index (χ0n) is 8.30. The van der Waals surface area contributed by atoms with E-state index in [9.17, 15) is 10.2 Å². The highest BCUT2D eigenvalue weighted by atomic mass is 16.3. The highest BCUT2D eigenvalue weighted by Gasteiger charge is 2.20. The number of nitrogen functional groups attached to an aromatic ring is 2. The van der Waals surface area contributed by atoms with E-state index in [2.05, 4.69) is 4.98 Å². The van der Waals surface area contributed by atoms with Gasteiger partial charge in [-0.3, -0.25) is 4.98 Å². The van der Waals surface area contributed by atoms with Gasteiger partial charge in [0.1, 0.15) is 6.10 Å². The molecule has 6 nitrogen and oxygen atoms in total. The molecule has 1 heterocycles. The van der Waals surface area contributed by atoms with Crippen molar-refractivity contribution in [1.82, 2.24) is 4.98 Å². The molecule has 0 saturated heterocycles. The summed E-state index contributed by atoms with van der Waals surface area (Å²) >= 11 is 0. The van der Waals surface area contributed by atoms with Crippen molar-refractivity contribution >= 4 is 11.4 Å². The van der Waals surface area contributed by atoms with Crippen LogP contribution in [0.5, 0.6) is 0 Å². The molecule has 0 spiro atoms. The number of hydrogen-bond donors (Lipinski definition) is 5. The minimum absolute atomic E-state index is 0.244. The molecule has 0 saturated carbocycles. The van der Waals surface area contributed by atoms with Gasteiger partial charge < -0.3 is 27.4 Å². The van der Waals surface area contributed by atoms with E-state index < -0.39 is 12.2 Å². The first kappa shape index (κ1) is 11.7. The van der Waals surface area contributed by atoms with Gasteiger partial charge in [0.05, 0.1) is 23.7 Å². The highest BCUT2D eigenvalue weighted by molar-refractivity contribution is 5.66. The van der Waals surface area contributed by atoms with E-state index in [-0.39, 0.29) is 24.3 Å². The van der Waals surface area contributed by atoms with Crippen molar-refractivity contribution in [1.29, 1.82) is 0 Å². The van der Waals surface area contributed by atoms with E-state index in [0.717, 1.165) is 0 Å². The van der Waals surface area contributed by atoms with E-state index in [4.69, 9.17) is 17.2 Å². The van der Waals surface area contributed by atoms with Crippen molar-refractivity contribution in [3.8, 4) is 0 Å². The largest absolute Gasteiger partial charge is 0.397 e. The number of hydrogen-bond acceptors (Lipinski definition) is 6. The van der Waals surface area contributed by atoms with Crippen LogP contribution < -0.4 is 17.2 Å². The lowest BCUT2D eigenvalue weighted by atomic mass is 10.0. The lowest BCUT2D eigenvalue weighted by molar-refractivity contribution is 0.0153. The molecule has 15 heavy (non-hydrogen) atoms. The first-order valence-corrected chi connectivity index (χ1v) is 4.63. The first-order chi connectivity index (χ1) is 7.07. The van der Waals surface area contributed by atoms with Gasteiger partial charge in [0.2, 0.25) is 0 Å². The van der Waals surface area contributed by atoms with Gasteiger partial charge in [-0.05, 0) is 13.0 Å². The van der Waals surface area contributed by atoms with Crippen LogP contribution in [0.15, 0.2) is 12.4 Å². The molecule has 1 aromatic heterocycles. The number of nitrogens with zero attached hydrogens (tertiary/aromatic N) is 1. The highest BCUT2D eigenvalue weighted by Crippen LogP contribution is 2.27. The Balaban J connectivity index is 2.90. The SMILES string of the molecule is NCCC(O)C(O)c1cncc(N)c1N. The quantitative estimate of drug-likeness (QED) is 0.434. The number of aromatic nitrogens is 1. The summed E-state index contributed by atoms with van der Waals surface area (Å²) in [4.78, 5) is 3.80. The van der Waals surface area contributed by atoms with Crippen LogP contribution >= 0.6 is 0 Å². The summed E-state index contributed by atoms with van der Waals surface area (Å²) in [6, 6.07) is 0. The molecular weight excluding hydrogens is 196 g/mol. The van der Waals surface area contributed by atoms with Crippen LogP contribution in [0.4, 0.5) is 11.4 Å². The topological polar surface area (TPSA) is 131 Å². The lowest BCUT2D eigenvalue weighted by Gasteiger charge is -2.19. The molecule has 0 aliphatic heterocycles. The fourth-order valence-corrected chi connectivity index (χ4v) is 1.28. The van der Waals surface area contributed by atoms with Crippen molar-refractivity contribution in [2.24, 2.45) is 5.73 Å². The van der Waals surface area contributed by atoms with Gasteiger partial charge in [-0.2, -0.15) is 0 Å². The zero-order chi connectivity index (χ0) is 11.4. The predicted molar refractivity (Wildman–Crippen MR) is 57.7 cm³/mol. The second-order valence-electron chi connectivity index (χ2n) is 3.32. The Bertz CT molecular complexity index is 332. The fourth-order valence-electron chi connectivity index (χ4n) is 1.28.